The van der Waals surface area contributed by atoms with Crippen LogP contribution in [-0.2, 0) is 6.42 Å². The Labute approximate surface area is 114 Å². The van der Waals surface area contributed by atoms with E-state index in [0.717, 1.165) is 24.3 Å². The molecule has 1 aromatic carbocycles. The molecule has 0 atom stereocenters. The zero-order valence-corrected chi connectivity index (χ0v) is 10.9. The minimum atomic E-state index is 0.285. The highest BCUT2D eigenvalue weighted by Crippen LogP contribution is 2.34. The van der Waals surface area contributed by atoms with E-state index in [4.69, 9.17) is 33.7 Å². The number of fused-ring (bicyclic) bond motifs is 1. The molecule has 0 unspecified atom stereocenters. The average Bonchev–Trinajstić information content (AvgIpc) is 2.80. The van der Waals surface area contributed by atoms with Gasteiger partial charge in [-0.3, -0.25) is 0 Å². The highest BCUT2D eigenvalue weighted by molar-refractivity contribution is 6.37. The maximum atomic E-state index is 6.15. The molecule has 0 radical (unpaired) electrons. The summed E-state index contributed by atoms with van der Waals surface area (Å²) in [6.45, 7) is 0.725. The molecule has 92 valence electrons. The van der Waals surface area contributed by atoms with E-state index in [1.807, 2.05) is 18.2 Å². The molecule has 0 amide bonds. The lowest BCUT2D eigenvalue weighted by Crippen LogP contribution is -1.95. The van der Waals surface area contributed by atoms with Gasteiger partial charge in [0.15, 0.2) is 0 Å². The smallest absolute Gasteiger partial charge is 0.143 e. The predicted molar refractivity (Wildman–Crippen MR) is 73.3 cm³/mol. The van der Waals surface area contributed by atoms with Crippen LogP contribution in [0.5, 0.6) is 5.75 Å². The Hall–Kier alpha value is -1.45. The van der Waals surface area contributed by atoms with Gasteiger partial charge in [0, 0.05) is 12.0 Å². The molecule has 2 aromatic rings. The van der Waals surface area contributed by atoms with Crippen molar-refractivity contribution < 1.29 is 4.74 Å². The zero-order chi connectivity index (χ0) is 12.7. The molecule has 3 rings (SSSR count). The maximum absolute atomic E-state index is 6.15. The first kappa shape index (κ1) is 11.6. The quantitative estimate of drug-likeness (QED) is 0.869. The fourth-order valence-electron chi connectivity index (χ4n) is 2.02. The number of benzene rings is 1. The number of halogens is 2. The number of nitrogens with zero attached hydrogens (tertiary/aromatic N) is 1. The van der Waals surface area contributed by atoms with Crippen molar-refractivity contribution in [3.05, 3.63) is 39.9 Å². The van der Waals surface area contributed by atoms with E-state index in [9.17, 15) is 0 Å². The minimum Gasteiger partial charge on any atom is -0.493 e. The first-order valence-electron chi connectivity index (χ1n) is 5.53. The summed E-state index contributed by atoms with van der Waals surface area (Å²) in [6, 6.07) is 7.50. The van der Waals surface area contributed by atoms with Crippen LogP contribution in [0.1, 0.15) is 5.56 Å². The van der Waals surface area contributed by atoms with E-state index in [1.54, 1.807) is 6.07 Å². The average molecular weight is 281 g/mol. The number of nitrogens with two attached hydrogens (primary N) is 1. The third kappa shape index (κ3) is 1.89. The normalized spacial score (nSPS) is 13.2. The molecule has 3 nitrogen and oxygen atoms in total. The Morgan fingerprint density at radius 3 is 2.83 bits per heavy atom. The summed E-state index contributed by atoms with van der Waals surface area (Å²) in [5.41, 5.74) is 8.45. The lowest BCUT2D eigenvalue weighted by molar-refractivity contribution is 0.357. The van der Waals surface area contributed by atoms with E-state index in [2.05, 4.69) is 4.98 Å². The Balaban J connectivity index is 2.12. The highest BCUT2D eigenvalue weighted by atomic mass is 35.5. The Bertz CT molecular complexity index is 629. The topological polar surface area (TPSA) is 48.1 Å². The molecule has 0 saturated carbocycles. The van der Waals surface area contributed by atoms with Gasteiger partial charge in [-0.25, -0.2) is 4.98 Å². The van der Waals surface area contributed by atoms with E-state index >= 15 is 0 Å². The van der Waals surface area contributed by atoms with Crippen molar-refractivity contribution in [2.24, 2.45) is 0 Å². The van der Waals surface area contributed by atoms with Gasteiger partial charge in [0.25, 0.3) is 0 Å². The van der Waals surface area contributed by atoms with Crippen LogP contribution in [0.15, 0.2) is 24.3 Å². The molecule has 2 N–H and O–H groups in total. The van der Waals surface area contributed by atoms with Gasteiger partial charge in [-0.15, -0.1) is 0 Å². The zero-order valence-electron chi connectivity index (χ0n) is 9.41. The van der Waals surface area contributed by atoms with Crippen LogP contribution in [0.3, 0.4) is 0 Å². The van der Waals surface area contributed by atoms with Crippen LogP contribution in [0, 0.1) is 0 Å². The second-order valence-corrected chi connectivity index (χ2v) is 4.92. The number of ether oxygens (including phenoxy) is 1. The van der Waals surface area contributed by atoms with Gasteiger partial charge in [0.1, 0.15) is 11.6 Å². The van der Waals surface area contributed by atoms with Gasteiger partial charge >= 0.3 is 0 Å². The van der Waals surface area contributed by atoms with Crippen molar-refractivity contribution in [3.8, 4) is 17.0 Å². The van der Waals surface area contributed by atoms with E-state index in [-0.39, 0.29) is 5.82 Å². The predicted octanol–water partition coefficient (Wildman–Crippen LogP) is 3.57. The lowest BCUT2D eigenvalue weighted by atomic mass is 10.1. The standard InChI is InChI=1S/C13H10Cl2N2O/c14-9-6-10(15)13(16)17-12(9)8-1-2-11-7(5-8)3-4-18-11/h1-2,5-6H,3-4H2,(H2,16,17). The van der Waals surface area contributed by atoms with E-state index in [1.165, 1.54) is 5.56 Å². The van der Waals surface area contributed by atoms with Crippen LogP contribution in [0.4, 0.5) is 5.82 Å². The van der Waals surface area contributed by atoms with E-state index in [0.29, 0.717) is 15.7 Å². The van der Waals surface area contributed by atoms with Crippen molar-refractivity contribution in [2.75, 3.05) is 12.3 Å². The Morgan fingerprint density at radius 1 is 1.17 bits per heavy atom. The highest BCUT2D eigenvalue weighted by Gasteiger charge is 2.15. The molecular weight excluding hydrogens is 271 g/mol. The number of pyridine rings is 1. The van der Waals surface area contributed by atoms with Crippen molar-refractivity contribution in [3.63, 3.8) is 0 Å². The summed E-state index contributed by atoms with van der Waals surface area (Å²) in [5, 5.41) is 0.862. The molecule has 5 heteroatoms. The van der Waals surface area contributed by atoms with Gasteiger partial charge in [0.2, 0.25) is 0 Å². The van der Waals surface area contributed by atoms with E-state index < -0.39 is 0 Å². The fraction of sp³-hybridized carbons (Fsp3) is 0.154. The summed E-state index contributed by atoms with van der Waals surface area (Å²) < 4.78 is 5.46. The maximum Gasteiger partial charge on any atom is 0.143 e. The minimum absolute atomic E-state index is 0.285. The van der Waals surface area contributed by atoms with Gasteiger partial charge in [-0.2, -0.15) is 0 Å². The van der Waals surface area contributed by atoms with Crippen molar-refractivity contribution in [1.29, 1.82) is 0 Å². The first-order valence-corrected chi connectivity index (χ1v) is 6.28. The number of hydrogen-bond donors (Lipinski definition) is 1. The Kier molecular flexibility index (Phi) is 2.80. The van der Waals surface area contributed by atoms with Crippen molar-refractivity contribution >= 4 is 29.0 Å². The molecule has 0 spiro atoms. The number of aromatic nitrogens is 1. The number of anilines is 1. The van der Waals surface area contributed by atoms with Crippen LogP contribution < -0.4 is 10.5 Å². The SMILES string of the molecule is Nc1nc(-c2ccc3c(c2)CCO3)c(Cl)cc1Cl. The number of hydrogen-bond acceptors (Lipinski definition) is 3. The van der Waals surface area contributed by atoms with Crippen LogP contribution in [-0.4, -0.2) is 11.6 Å². The first-order chi connectivity index (χ1) is 8.65. The van der Waals surface area contributed by atoms with Gasteiger partial charge in [-0.1, -0.05) is 23.2 Å². The van der Waals surface area contributed by atoms with Crippen LogP contribution >= 0.6 is 23.2 Å². The number of nitrogen functional groups attached to an aromatic ring is 1. The summed E-state index contributed by atoms with van der Waals surface area (Å²) >= 11 is 12.0. The molecule has 0 fully saturated rings. The molecule has 0 bridgehead atoms. The molecule has 2 heterocycles. The largest absolute Gasteiger partial charge is 0.493 e. The fourth-order valence-corrected chi connectivity index (χ4v) is 2.48. The molecule has 0 saturated heterocycles. The summed E-state index contributed by atoms with van der Waals surface area (Å²) in [7, 11) is 0. The molecule has 1 aromatic heterocycles. The molecular formula is C13H10Cl2N2O. The van der Waals surface area contributed by atoms with Gasteiger partial charge in [0.05, 0.1) is 22.3 Å². The molecule has 18 heavy (non-hydrogen) atoms. The summed E-state index contributed by atoms with van der Waals surface area (Å²) in [6.07, 6.45) is 0.907. The molecule has 0 aliphatic carbocycles. The van der Waals surface area contributed by atoms with Crippen LogP contribution in [0.25, 0.3) is 11.3 Å². The van der Waals surface area contributed by atoms with Crippen molar-refractivity contribution in [2.45, 2.75) is 6.42 Å². The molecule has 1 aliphatic heterocycles. The second-order valence-electron chi connectivity index (χ2n) is 4.11. The second kappa shape index (κ2) is 4.34. The Morgan fingerprint density at radius 2 is 2.00 bits per heavy atom. The third-order valence-electron chi connectivity index (χ3n) is 2.92. The third-order valence-corrected chi connectivity index (χ3v) is 3.51. The van der Waals surface area contributed by atoms with Gasteiger partial charge < -0.3 is 10.5 Å². The molecule has 1 aliphatic rings. The van der Waals surface area contributed by atoms with Crippen molar-refractivity contribution in [1.82, 2.24) is 4.98 Å². The van der Waals surface area contributed by atoms with Crippen LogP contribution in [0.2, 0.25) is 10.0 Å². The number of rotatable bonds is 1. The summed E-state index contributed by atoms with van der Waals surface area (Å²) in [4.78, 5) is 4.24. The van der Waals surface area contributed by atoms with Gasteiger partial charge in [-0.05, 0) is 29.8 Å². The monoisotopic (exact) mass is 280 g/mol. The lowest BCUT2D eigenvalue weighted by Gasteiger charge is -2.07. The summed E-state index contributed by atoms with van der Waals surface area (Å²) in [5.74, 6) is 1.21.